The van der Waals surface area contributed by atoms with Gasteiger partial charge in [-0.15, -0.1) is 0 Å². The quantitative estimate of drug-likeness (QED) is 0.744. The number of carbonyl (C=O) groups is 1. The molecule has 4 rings (SSSR count). The molecule has 0 radical (unpaired) electrons. The Bertz CT molecular complexity index is 678. The lowest BCUT2D eigenvalue weighted by molar-refractivity contribution is -0.144. The van der Waals surface area contributed by atoms with Crippen molar-refractivity contribution in [3.05, 3.63) is 41.0 Å². The van der Waals surface area contributed by atoms with Crippen LogP contribution in [0.3, 0.4) is 0 Å². The van der Waals surface area contributed by atoms with Crippen molar-refractivity contribution < 1.29 is 9.53 Å². The van der Waals surface area contributed by atoms with E-state index in [1.54, 1.807) is 7.11 Å². The zero-order valence-electron chi connectivity index (χ0n) is 13.6. The highest BCUT2D eigenvalue weighted by Gasteiger charge is 2.53. The molecule has 1 fully saturated rings. The number of fused-ring (bicyclic) bond motifs is 3. The van der Waals surface area contributed by atoms with E-state index in [0.717, 1.165) is 31.4 Å². The van der Waals surface area contributed by atoms with E-state index in [0.29, 0.717) is 17.9 Å². The van der Waals surface area contributed by atoms with Gasteiger partial charge in [0.25, 0.3) is 0 Å². The molecule has 3 heteroatoms. The van der Waals surface area contributed by atoms with E-state index in [2.05, 4.69) is 25.1 Å². The van der Waals surface area contributed by atoms with Crippen LogP contribution in [0.2, 0.25) is 0 Å². The van der Waals surface area contributed by atoms with Crippen molar-refractivity contribution in [2.24, 2.45) is 5.41 Å². The average molecular weight is 297 g/mol. The van der Waals surface area contributed by atoms with Crippen LogP contribution in [0.15, 0.2) is 29.8 Å². The van der Waals surface area contributed by atoms with Crippen molar-refractivity contribution in [3.8, 4) is 5.75 Å². The van der Waals surface area contributed by atoms with Gasteiger partial charge in [0.05, 0.1) is 12.5 Å². The second-order valence-electron chi connectivity index (χ2n) is 7.16. The molecule has 1 amide bonds. The number of benzene rings is 1. The minimum atomic E-state index is -0.288. The number of rotatable bonds is 1. The van der Waals surface area contributed by atoms with Gasteiger partial charge < -0.3 is 9.64 Å². The Morgan fingerprint density at radius 1 is 1.36 bits per heavy atom. The number of hydrogen-bond donors (Lipinski definition) is 0. The van der Waals surface area contributed by atoms with Crippen molar-refractivity contribution in [1.29, 1.82) is 0 Å². The number of allylic oxidation sites excluding steroid dienone is 1. The van der Waals surface area contributed by atoms with E-state index in [1.165, 1.54) is 16.7 Å². The third kappa shape index (κ3) is 1.71. The summed E-state index contributed by atoms with van der Waals surface area (Å²) in [6.45, 7) is 2.15. The molecule has 0 saturated carbocycles. The van der Waals surface area contributed by atoms with E-state index in [4.69, 9.17) is 4.74 Å². The first kappa shape index (κ1) is 13.9. The first-order valence-corrected chi connectivity index (χ1v) is 8.19. The van der Waals surface area contributed by atoms with Crippen LogP contribution in [0.1, 0.15) is 43.2 Å². The van der Waals surface area contributed by atoms with Crippen LogP contribution in [0.5, 0.6) is 5.75 Å². The first-order chi connectivity index (χ1) is 10.5. The molecule has 3 aliphatic rings. The molecule has 0 N–H and O–H groups in total. The molecule has 1 aromatic carbocycles. The highest BCUT2D eigenvalue weighted by atomic mass is 16.5. The molecule has 22 heavy (non-hydrogen) atoms. The van der Waals surface area contributed by atoms with Crippen molar-refractivity contribution in [3.63, 3.8) is 0 Å². The summed E-state index contributed by atoms with van der Waals surface area (Å²) in [4.78, 5) is 15.1. The Kier molecular flexibility index (Phi) is 2.91. The van der Waals surface area contributed by atoms with Crippen molar-refractivity contribution in [2.45, 2.75) is 44.6 Å². The van der Waals surface area contributed by atoms with Crippen LogP contribution in [-0.2, 0) is 11.2 Å². The number of carbonyl (C=O) groups excluding carboxylic acids is 1. The Morgan fingerprint density at radius 2 is 2.18 bits per heavy atom. The number of methoxy groups -OCH3 is 1. The summed E-state index contributed by atoms with van der Waals surface area (Å²) in [5.74, 6) is 1.69. The highest BCUT2D eigenvalue weighted by molar-refractivity contribution is 5.88. The maximum atomic E-state index is 13.1. The lowest BCUT2D eigenvalue weighted by atomic mass is 9.56. The summed E-state index contributed by atoms with van der Waals surface area (Å²) in [7, 11) is 3.67. The molecule has 1 spiro atoms. The minimum Gasteiger partial charge on any atom is -0.497 e. The first-order valence-electron chi connectivity index (χ1n) is 8.19. The van der Waals surface area contributed by atoms with Gasteiger partial charge in [-0.2, -0.15) is 0 Å². The van der Waals surface area contributed by atoms with E-state index < -0.39 is 0 Å². The Morgan fingerprint density at radius 3 is 2.95 bits per heavy atom. The van der Waals surface area contributed by atoms with Crippen molar-refractivity contribution in [2.75, 3.05) is 14.2 Å². The number of ether oxygens (including phenoxy) is 1. The van der Waals surface area contributed by atoms with Gasteiger partial charge in [-0.3, -0.25) is 4.79 Å². The Labute approximate surface area is 132 Å². The van der Waals surface area contributed by atoms with Gasteiger partial charge in [0.2, 0.25) is 5.91 Å². The van der Waals surface area contributed by atoms with Crippen LogP contribution in [0, 0.1) is 5.41 Å². The molecule has 0 unspecified atom stereocenters. The van der Waals surface area contributed by atoms with Gasteiger partial charge in [-0.25, -0.2) is 0 Å². The molecule has 1 heterocycles. The normalized spacial score (nSPS) is 33.0. The number of likely N-dealkylation sites (tertiary alicyclic amines) is 1. The molecule has 2 bridgehead atoms. The van der Waals surface area contributed by atoms with Crippen LogP contribution in [0.4, 0.5) is 0 Å². The van der Waals surface area contributed by atoms with E-state index >= 15 is 0 Å². The third-order valence-electron chi connectivity index (χ3n) is 6.05. The minimum absolute atomic E-state index is 0.288. The smallest absolute Gasteiger partial charge is 0.233 e. The number of amides is 1. The summed E-state index contributed by atoms with van der Waals surface area (Å²) in [5.41, 5.74) is 3.81. The summed E-state index contributed by atoms with van der Waals surface area (Å²) >= 11 is 0. The lowest BCUT2D eigenvalue weighted by Gasteiger charge is -2.52. The van der Waals surface area contributed by atoms with Gasteiger partial charge in [-0.1, -0.05) is 17.7 Å². The second-order valence-corrected chi connectivity index (χ2v) is 7.16. The summed E-state index contributed by atoms with van der Waals surface area (Å²) in [6, 6.07) is 6.70. The molecule has 1 saturated heterocycles. The molecular formula is C19H23NO2. The Hall–Kier alpha value is -1.77. The fourth-order valence-corrected chi connectivity index (χ4v) is 4.70. The number of nitrogens with zero attached hydrogens (tertiary/aromatic N) is 1. The largest absolute Gasteiger partial charge is 0.497 e. The van der Waals surface area contributed by atoms with Crippen molar-refractivity contribution >= 4 is 5.91 Å². The van der Waals surface area contributed by atoms with Crippen LogP contribution in [-0.4, -0.2) is 31.0 Å². The second kappa shape index (κ2) is 4.61. The van der Waals surface area contributed by atoms with Crippen LogP contribution >= 0.6 is 0 Å². The molecule has 1 aromatic rings. The van der Waals surface area contributed by atoms with E-state index in [1.807, 2.05) is 18.0 Å². The SMILES string of the molecule is COc1ccc2c(c1)C[C@]13C[C@H]2CC=C1C[C@@H](C)N(C)C3=O. The van der Waals surface area contributed by atoms with Gasteiger partial charge in [0, 0.05) is 13.1 Å². The predicted molar refractivity (Wildman–Crippen MR) is 86.0 cm³/mol. The molecular weight excluding hydrogens is 274 g/mol. The number of hydrogen-bond acceptors (Lipinski definition) is 2. The molecule has 1 aliphatic heterocycles. The summed E-state index contributed by atoms with van der Waals surface area (Å²) in [5, 5.41) is 0. The maximum Gasteiger partial charge on any atom is 0.233 e. The molecule has 3 nitrogen and oxygen atoms in total. The van der Waals surface area contributed by atoms with Gasteiger partial charge in [0.1, 0.15) is 5.75 Å². The standard InChI is InChI=1S/C19H23NO2/c1-12-8-15-5-4-13-10-19(15,18(21)20(12)2)11-14-9-16(22-3)6-7-17(13)14/h5-7,9,12-13H,4,8,10-11H2,1-3H3/t12-,13-,19-/m1/s1. The molecule has 2 aliphatic carbocycles. The summed E-state index contributed by atoms with van der Waals surface area (Å²) in [6.07, 6.45) is 6.27. The zero-order chi connectivity index (χ0) is 15.5. The number of piperidine rings is 1. The van der Waals surface area contributed by atoms with Crippen LogP contribution < -0.4 is 4.74 Å². The Balaban J connectivity index is 1.83. The zero-order valence-corrected chi connectivity index (χ0v) is 13.6. The van der Waals surface area contributed by atoms with Gasteiger partial charge in [0.15, 0.2) is 0 Å². The van der Waals surface area contributed by atoms with Crippen LogP contribution in [0.25, 0.3) is 0 Å². The molecule has 0 aromatic heterocycles. The monoisotopic (exact) mass is 297 g/mol. The molecule has 116 valence electrons. The topological polar surface area (TPSA) is 29.5 Å². The summed E-state index contributed by atoms with van der Waals surface area (Å²) < 4.78 is 5.39. The fourth-order valence-electron chi connectivity index (χ4n) is 4.70. The average Bonchev–Trinajstić information content (AvgIpc) is 2.54. The van der Waals surface area contributed by atoms with E-state index in [9.17, 15) is 4.79 Å². The lowest BCUT2D eigenvalue weighted by Crippen LogP contribution is -2.55. The van der Waals surface area contributed by atoms with E-state index in [-0.39, 0.29) is 5.41 Å². The van der Waals surface area contributed by atoms with Crippen molar-refractivity contribution in [1.82, 2.24) is 4.90 Å². The predicted octanol–water partition coefficient (Wildman–Crippen LogP) is 3.29. The third-order valence-corrected chi connectivity index (χ3v) is 6.05. The maximum absolute atomic E-state index is 13.1. The van der Waals surface area contributed by atoms with Gasteiger partial charge >= 0.3 is 0 Å². The molecule has 3 atom stereocenters. The fraction of sp³-hybridized carbons (Fsp3) is 0.526. The highest BCUT2D eigenvalue weighted by Crippen LogP contribution is 2.55. The van der Waals surface area contributed by atoms with Gasteiger partial charge in [-0.05, 0) is 61.8 Å².